The average Bonchev–Trinajstić information content (AvgIpc) is 3.60. The predicted molar refractivity (Wildman–Crippen MR) is 188 cm³/mol. The lowest BCUT2D eigenvalue weighted by Gasteiger charge is -2.70. The van der Waals surface area contributed by atoms with Crippen molar-refractivity contribution in [3.63, 3.8) is 0 Å². The highest BCUT2D eigenvalue weighted by Crippen LogP contribution is 2.75. The number of ketones is 1. The summed E-state index contributed by atoms with van der Waals surface area (Å²) in [6, 6.07) is 7.96. The molecule has 260 valence electrons. The molecular formula is C40H57N5O3. The van der Waals surface area contributed by atoms with Gasteiger partial charge in [-0.15, -0.1) is 10.2 Å². The molecule has 0 aliphatic heterocycles. The summed E-state index contributed by atoms with van der Waals surface area (Å²) in [5.41, 5.74) is 3.13. The molecule has 0 bridgehead atoms. The zero-order valence-corrected chi connectivity index (χ0v) is 30.3. The number of aromatic nitrogens is 4. The molecule has 8 nitrogen and oxygen atoms in total. The van der Waals surface area contributed by atoms with E-state index in [0.29, 0.717) is 54.9 Å². The standard InChI is InChI=1S/C40H57N5O3/c1-25-14-19-40(35(47)48-23-9-22-41-28-11-8-10-27(24-28)34-42-44-45-43-34)21-20-38(6)29(33(40)26(25)2)12-13-31-37(5)17-16-32(46)36(3,4)30(37)15-18-39(31,38)7/h8,10-12,24-26,30-31,33,41H,9,13-23H2,1-7H3,(H,42,43,44,45)/t25-,26+,30+,31-,33+,37+,38-,39-,40+/m1/s1. The van der Waals surface area contributed by atoms with Gasteiger partial charge in [-0.25, -0.2) is 0 Å². The number of carbonyl (C=O) groups is 2. The van der Waals surface area contributed by atoms with Gasteiger partial charge in [-0.05, 0) is 121 Å². The maximum Gasteiger partial charge on any atom is 0.312 e. The molecule has 0 unspecified atom stereocenters. The summed E-state index contributed by atoms with van der Waals surface area (Å²) in [5, 5.41) is 17.8. The molecule has 8 heteroatoms. The van der Waals surface area contributed by atoms with Gasteiger partial charge in [0.25, 0.3) is 0 Å². The number of rotatable bonds is 7. The van der Waals surface area contributed by atoms with Crippen molar-refractivity contribution >= 4 is 17.4 Å². The summed E-state index contributed by atoms with van der Waals surface area (Å²) in [5.74, 6) is 3.30. The van der Waals surface area contributed by atoms with E-state index < -0.39 is 5.41 Å². The van der Waals surface area contributed by atoms with E-state index >= 15 is 0 Å². The third-order valence-electron chi connectivity index (χ3n) is 15.5. The van der Waals surface area contributed by atoms with E-state index in [1.54, 1.807) is 5.57 Å². The van der Waals surface area contributed by atoms with Crippen LogP contribution < -0.4 is 5.32 Å². The van der Waals surface area contributed by atoms with Crippen LogP contribution in [-0.2, 0) is 14.3 Å². The van der Waals surface area contributed by atoms with Crippen LogP contribution in [0.5, 0.6) is 0 Å². The highest BCUT2D eigenvalue weighted by atomic mass is 16.5. The van der Waals surface area contributed by atoms with Crippen LogP contribution in [0.15, 0.2) is 35.9 Å². The van der Waals surface area contributed by atoms with E-state index in [1.807, 2.05) is 24.3 Å². The third-order valence-corrected chi connectivity index (χ3v) is 15.5. The Morgan fingerprint density at radius 2 is 1.83 bits per heavy atom. The average molecular weight is 656 g/mol. The number of H-pyrrole nitrogens is 1. The number of aromatic amines is 1. The fourth-order valence-electron chi connectivity index (χ4n) is 12.3. The Labute approximate surface area is 287 Å². The fourth-order valence-corrected chi connectivity index (χ4v) is 12.3. The minimum atomic E-state index is -0.437. The first-order valence-corrected chi connectivity index (χ1v) is 18.8. The fraction of sp³-hybridized carbons (Fsp3) is 0.725. The number of Topliss-reactive ketones (excluding diaryl/α,β-unsaturated/α-hetero) is 1. The van der Waals surface area contributed by atoms with E-state index in [-0.39, 0.29) is 33.5 Å². The van der Waals surface area contributed by atoms with Gasteiger partial charge in [0, 0.05) is 29.6 Å². The summed E-state index contributed by atoms with van der Waals surface area (Å²) in [6.45, 7) is 18.1. The number of allylic oxidation sites excluding steroid dienone is 2. The maximum absolute atomic E-state index is 14.4. The summed E-state index contributed by atoms with van der Waals surface area (Å²) in [4.78, 5) is 27.5. The lowest BCUT2D eigenvalue weighted by atomic mass is 9.33. The third kappa shape index (κ3) is 4.85. The number of ether oxygens (including phenoxy) is 1. The number of nitrogens with zero attached hydrogens (tertiary/aromatic N) is 3. The molecule has 9 atom stereocenters. The van der Waals surface area contributed by atoms with E-state index in [4.69, 9.17) is 4.74 Å². The lowest BCUT2D eigenvalue weighted by molar-refractivity contribution is -0.192. The molecule has 5 aliphatic carbocycles. The highest BCUT2D eigenvalue weighted by molar-refractivity contribution is 5.85. The molecule has 4 fully saturated rings. The number of carbonyl (C=O) groups excluding carboxylic acids is 2. The van der Waals surface area contributed by atoms with Gasteiger partial charge in [0.1, 0.15) is 5.78 Å². The molecule has 2 aromatic rings. The number of esters is 1. The van der Waals surface area contributed by atoms with E-state index in [0.717, 1.165) is 62.6 Å². The van der Waals surface area contributed by atoms with Crippen LogP contribution >= 0.6 is 0 Å². The van der Waals surface area contributed by atoms with E-state index in [1.165, 1.54) is 6.42 Å². The van der Waals surface area contributed by atoms with Crippen LogP contribution in [0.2, 0.25) is 0 Å². The lowest BCUT2D eigenvalue weighted by Crippen LogP contribution is -2.65. The highest BCUT2D eigenvalue weighted by Gasteiger charge is 2.69. The van der Waals surface area contributed by atoms with Crippen LogP contribution in [0.1, 0.15) is 113 Å². The van der Waals surface area contributed by atoms with Crippen LogP contribution in [0.25, 0.3) is 11.4 Å². The van der Waals surface area contributed by atoms with Crippen molar-refractivity contribution in [3.05, 3.63) is 35.9 Å². The van der Waals surface area contributed by atoms with Crippen LogP contribution in [0.4, 0.5) is 5.69 Å². The smallest absolute Gasteiger partial charge is 0.312 e. The Morgan fingerprint density at radius 3 is 2.60 bits per heavy atom. The van der Waals surface area contributed by atoms with Crippen molar-refractivity contribution in [1.29, 1.82) is 0 Å². The normalized spacial score (nSPS) is 40.0. The molecule has 0 amide bonds. The van der Waals surface area contributed by atoms with Crippen molar-refractivity contribution in [2.24, 2.45) is 56.7 Å². The SMILES string of the molecule is C[C@H]1[C@H](C)CC[C@]2(C(=O)OCCCNc3cccc(-c4nn[nH]n4)c3)CC[C@]3(C)C(=CC[C@@H]4[C@@]5(C)CCC(=O)C(C)(C)[C@@H]5CC[C@]43C)[C@H]12. The zero-order valence-electron chi connectivity index (χ0n) is 30.3. The van der Waals surface area contributed by atoms with Gasteiger partial charge in [0.15, 0.2) is 0 Å². The topological polar surface area (TPSA) is 110 Å². The van der Waals surface area contributed by atoms with Crippen LogP contribution in [0, 0.1) is 56.7 Å². The first-order valence-electron chi connectivity index (χ1n) is 18.8. The van der Waals surface area contributed by atoms with Crippen molar-refractivity contribution < 1.29 is 14.3 Å². The first kappa shape index (κ1) is 33.5. The number of benzene rings is 1. The van der Waals surface area contributed by atoms with Gasteiger partial charge in [0.05, 0.1) is 12.0 Å². The molecular weight excluding hydrogens is 598 g/mol. The molecule has 7 rings (SSSR count). The van der Waals surface area contributed by atoms with Crippen molar-refractivity contribution in [2.45, 2.75) is 113 Å². The zero-order chi connectivity index (χ0) is 34.1. The number of nitrogens with one attached hydrogen (secondary N) is 2. The van der Waals surface area contributed by atoms with Gasteiger partial charge < -0.3 is 10.1 Å². The quantitative estimate of drug-likeness (QED) is 0.175. The largest absolute Gasteiger partial charge is 0.465 e. The Hall–Kier alpha value is -3.03. The van der Waals surface area contributed by atoms with Crippen molar-refractivity contribution in [1.82, 2.24) is 20.6 Å². The molecule has 1 heterocycles. The molecule has 2 N–H and O–H groups in total. The van der Waals surface area contributed by atoms with Gasteiger partial charge >= 0.3 is 5.97 Å². The van der Waals surface area contributed by atoms with Crippen molar-refractivity contribution in [3.8, 4) is 11.4 Å². The second-order valence-corrected chi connectivity index (χ2v) is 17.7. The number of fused-ring (bicyclic) bond motifs is 7. The van der Waals surface area contributed by atoms with Gasteiger partial charge in [-0.2, -0.15) is 5.21 Å². The summed E-state index contributed by atoms with van der Waals surface area (Å²) in [6.07, 6.45) is 12.4. The Morgan fingerprint density at radius 1 is 1.02 bits per heavy atom. The molecule has 0 spiro atoms. The van der Waals surface area contributed by atoms with E-state index in [2.05, 4.69) is 80.5 Å². The van der Waals surface area contributed by atoms with Crippen LogP contribution in [-0.4, -0.2) is 45.5 Å². The van der Waals surface area contributed by atoms with Gasteiger partial charge in [-0.3, -0.25) is 9.59 Å². The first-order chi connectivity index (χ1) is 22.8. The second kappa shape index (κ2) is 11.8. The molecule has 1 aromatic heterocycles. The molecule has 4 saturated carbocycles. The minimum Gasteiger partial charge on any atom is -0.465 e. The summed E-state index contributed by atoms with van der Waals surface area (Å²) >= 11 is 0. The number of hydrogen-bond donors (Lipinski definition) is 2. The molecule has 48 heavy (non-hydrogen) atoms. The molecule has 5 aliphatic rings. The Bertz CT molecular complexity index is 1580. The van der Waals surface area contributed by atoms with Gasteiger partial charge in [-0.1, -0.05) is 72.2 Å². The Balaban J connectivity index is 1.08. The van der Waals surface area contributed by atoms with Gasteiger partial charge in [0.2, 0.25) is 5.82 Å². The van der Waals surface area contributed by atoms with E-state index in [9.17, 15) is 9.59 Å². The predicted octanol–water partition coefficient (Wildman–Crippen LogP) is 8.44. The van der Waals surface area contributed by atoms with Crippen LogP contribution in [0.3, 0.4) is 0 Å². The monoisotopic (exact) mass is 655 g/mol. The number of anilines is 1. The maximum atomic E-state index is 14.4. The van der Waals surface area contributed by atoms with Crippen molar-refractivity contribution in [2.75, 3.05) is 18.5 Å². The Kier molecular flexibility index (Phi) is 8.22. The molecule has 0 radical (unpaired) electrons. The molecule has 0 saturated heterocycles. The second-order valence-electron chi connectivity index (χ2n) is 17.7. The number of tetrazole rings is 1. The summed E-state index contributed by atoms with van der Waals surface area (Å²) in [7, 11) is 0. The molecule has 1 aromatic carbocycles. The summed E-state index contributed by atoms with van der Waals surface area (Å²) < 4.78 is 6.24. The number of hydrogen-bond acceptors (Lipinski definition) is 7. The minimum absolute atomic E-state index is 0.0313.